The Balaban J connectivity index is 2.03. The highest BCUT2D eigenvalue weighted by atomic mass is 16.5. The lowest BCUT2D eigenvalue weighted by molar-refractivity contribution is -0.149. The zero-order chi connectivity index (χ0) is 14.5. The first-order valence-corrected chi connectivity index (χ1v) is 6.25. The topological polar surface area (TPSA) is 83.9 Å². The molecule has 0 spiro atoms. The highest BCUT2D eigenvalue weighted by Gasteiger charge is 2.54. The average molecular weight is 275 g/mol. The Labute approximate surface area is 114 Å². The maximum absolute atomic E-state index is 12.4. The first kappa shape index (κ1) is 12.8. The van der Waals surface area contributed by atoms with E-state index in [2.05, 4.69) is 0 Å². The van der Waals surface area contributed by atoms with Gasteiger partial charge in [-0.25, -0.2) is 0 Å². The number of nitrogens with zero attached hydrogens (tertiary/aromatic N) is 1. The number of carbonyl (C=O) groups excluding carboxylic acids is 2. The number of hydrogen-bond acceptors (Lipinski definition) is 4. The van der Waals surface area contributed by atoms with Crippen molar-refractivity contribution in [3.05, 3.63) is 35.4 Å². The Hall–Kier alpha value is -2.21. The SMILES string of the molecule is CC1(C(=O)O)COCC1N1C(=O)c2ccccc2C1=O. The quantitative estimate of drug-likeness (QED) is 0.806. The molecule has 2 amide bonds. The Kier molecular flexibility index (Phi) is 2.65. The van der Waals surface area contributed by atoms with Gasteiger partial charge in [0, 0.05) is 0 Å². The minimum absolute atomic E-state index is 0.0135. The summed E-state index contributed by atoms with van der Waals surface area (Å²) in [4.78, 5) is 37.2. The molecule has 3 rings (SSSR count). The molecule has 1 aromatic rings. The number of ether oxygens (including phenoxy) is 1. The van der Waals surface area contributed by atoms with Gasteiger partial charge in [-0.2, -0.15) is 0 Å². The van der Waals surface area contributed by atoms with Crippen molar-refractivity contribution in [2.24, 2.45) is 5.41 Å². The predicted molar refractivity (Wildman–Crippen MR) is 67.3 cm³/mol. The number of fused-ring (bicyclic) bond motifs is 1. The molecule has 0 aromatic heterocycles. The summed E-state index contributed by atoms with van der Waals surface area (Å²) in [5.74, 6) is -1.97. The molecule has 2 aliphatic rings. The molecule has 20 heavy (non-hydrogen) atoms. The number of carboxylic acid groups (broad SMARTS) is 1. The molecular formula is C14H13NO5. The van der Waals surface area contributed by atoms with E-state index in [9.17, 15) is 19.5 Å². The minimum atomic E-state index is -1.27. The summed E-state index contributed by atoms with van der Waals surface area (Å²) in [6.07, 6.45) is 0. The molecule has 0 aliphatic carbocycles. The van der Waals surface area contributed by atoms with Crippen LogP contribution >= 0.6 is 0 Å². The molecule has 2 aliphatic heterocycles. The van der Waals surface area contributed by atoms with Crippen LogP contribution in [0.5, 0.6) is 0 Å². The number of imide groups is 1. The molecule has 0 radical (unpaired) electrons. The Morgan fingerprint density at radius 3 is 2.35 bits per heavy atom. The number of hydrogen-bond donors (Lipinski definition) is 1. The fraction of sp³-hybridized carbons (Fsp3) is 0.357. The van der Waals surface area contributed by atoms with Gasteiger partial charge in [-0.05, 0) is 19.1 Å². The molecule has 0 saturated carbocycles. The molecule has 1 fully saturated rings. The molecule has 6 nitrogen and oxygen atoms in total. The van der Waals surface area contributed by atoms with E-state index < -0.39 is 29.2 Å². The van der Waals surface area contributed by atoms with Gasteiger partial charge in [0.2, 0.25) is 0 Å². The monoisotopic (exact) mass is 275 g/mol. The van der Waals surface area contributed by atoms with Gasteiger partial charge in [-0.1, -0.05) is 12.1 Å². The largest absolute Gasteiger partial charge is 0.481 e. The molecule has 2 heterocycles. The van der Waals surface area contributed by atoms with Crippen molar-refractivity contribution in [1.29, 1.82) is 0 Å². The van der Waals surface area contributed by atoms with E-state index in [4.69, 9.17) is 4.74 Å². The van der Waals surface area contributed by atoms with Crippen molar-refractivity contribution in [3.8, 4) is 0 Å². The fourth-order valence-corrected chi connectivity index (χ4v) is 2.72. The third-order valence-electron chi connectivity index (χ3n) is 4.04. The van der Waals surface area contributed by atoms with Crippen LogP contribution in [0.3, 0.4) is 0 Å². The molecule has 6 heteroatoms. The van der Waals surface area contributed by atoms with Crippen molar-refractivity contribution in [2.45, 2.75) is 13.0 Å². The van der Waals surface area contributed by atoms with Gasteiger partial charge in [0.15, 0.2) is 0 Å². The molecule has 2 unspecified atom stereocenters. The minimum Gasteiger partial charge on any atom is -0.481 e. The highest BCUT2D eigenvalue weighted by Crippen LogP contribution is 2.37. The standard InChI is InChI=1S/C14H13NO5/c1-14(13(18)19)7-20-6-10(14)15-11(16)8-4-2-3-5-9(8)12(15)17/h2-5,10H,6-7H2,1H3,(H,18,19). The number of carbonyl (C=O) groups is 3. The summed E-state index contributed by atoms with van der Waals surface area (Å²) in [5.41, 5.74) is -0.637. The summed E-state index contributed by atoms with van der Waals surface area (Å²) >= 11 is 0. The number of benzene rings is 1. The van der Waals surface area contributed by atoms with E-state index in [-0.39, 0.29) is 13.2 Å². The van der Waals surface area contributed by atoms with Crippen LogP contribution in [0.25, 0.3) is 0 Å². The molecule has 104 valence electrons. The second-order valence-corrected chi connectivity index (χ2v) is 5.28. The Bertz CT molecular complexity index is 591. The van der Waals surface area contributed by atoms with E-state index in [1.165, 1.54) is 6.92 Å². The normalized spacial score (nSPS) is 28.9. The van der Waals surface area contributed by atoms with E-state index in [1.807, 2.05) is 0 Å². The van der Waals surface area contributed by atoms with Crippen molar-refractivity contribution < 1.29 is 24.2 Å². The molecule has 0 bridgehead atoms. The lowest BCUT2D eigenvalue weighted by atomic mass is 9.84. The van der Waals surface area contributed by atoms with Gasteiger partial charge in [-0.15, -0.1) is 0 Å². The van der Waals surface area contributed by atoms with Crippen LogP contribution in [0, 0.1) is 5.41 Å². The maximum atomic E-state index is 12.4. The maximum Gasteiger partial charge on any atom is 0.313 e. The third kappa shape index (κ3) is 1.51. The van der Waals surface area contributed by atoms with E-state index in [0.29, 0.717) is 11.1 Å². The van der Waals surface area contributed by atoms with Gasteiger partial charge in [0.05, 0.1) is 30.4 Å². The second kappa shape index (κ2) is 4.14. The lowest BCUT2D eigenvalue weighted by Crippen LogP contribution is -2.52. The number of rotatable bonds is 2. The van der Waals surface area contributed by atoms with Gasteiger partial charge in [-0.3, -0.25) is 19.3 Å². The first-order chi connectivity index (χ1) is 9.47. The van der Waals surface area contributed by atoms with Gasteiger partial charge < -0.3 is 9.84 Å². The first-order valence-electron chi connectivity index (χ1n) is 6.25. The fourth-order valence-electron chi connectivity index (χ4n) is 2.72. The van der Waals surface area contributed by atoms with Gasteiger partial charge in [0.1, 0.15) is 5.41 Å². The van der Waals surface area contributed by atoms with Crippen LogP contribution in [-0.4, -0.2) is 47.0 Å². The number of aliphatic carboxylic acids is 1. The Morgan fingerprint density at radius 2 is 1.85 bits per heavy atom. The van der Waals surface area contributed by atoms with E-state index in [1.54, 1.807) is 24.3 Å². The van der Waals surface area contributed by atoms with Crippen LogP contribution in [0.1, 0.15) is 27.6 Å². The second-order valence-electron chi connectivity index (χ2n) is 5.28. The number of amides is 2. The van der Waals surface area contributed by atoms with Crippen molar-refractivity contribution in [2.75, 3.05) is 13.2 Å². The molecule has 2 atom stereocenters. The summed E-state index contributed by atoms with van der Waals surface area (Å²) in [6, 6.07) is 5.71. The average Bonchev–Trinajstić information content (AvgIpc) is 2.92. The highest BCUT2D eigenvalue weighted by molar-refractivity contribution is 6.21. The summed E-state index contributed by atoms with van der Waals surface area (Å²) < 4.78 is 5.21. The van der Waals surface area contributed by atoms with Crippen LogP contribution in [0.15, 0.2) is 24.3 Å². The lowest BCUT2D eigenvalue weighted by Gasteiger charge is -2.31. The third-order valence-corrected chi connectivity index (χ3v) is 4.04. The number of carboxylic acids is 1. The van der Waals surface area contributed by atoms with Crippen LogP contribution in [0.2, 0.25) is 0 Å². The summed E-state index contributed by atoms with van der Waals surface area (Å²) in [7, 11) is 0. The van der Waals surface area contributed by atoms with Crippen LogP contribution in [0.4, 0.5) is 0 Å². The molecular weight excluding hydrogens is 262 g/mol. The zero-order valence-corrected chi connectivity index (χ0v) is 10.8. The van der Waals surface area contributed by atoms with Gasteiger partial charge in [0.25, 0.3) is 11.8 Å². The van der Waals surface area contributed by atoms with Gasteiger partial charge >= 0.3 is 5.97 Å². The molecule has 1 saturated heterocycles. The summed E-state index contributed by atoms with van der Waals surface area (Å²) in [6.45, 7) is 1.53. The predicted octanol–water partition coefficient (Wildman–Crippen LogP) is 0.772. The van der Waals surface area contributed by atoms with Crippen molar-refractivity contribution in [1.82, 2.24) is 4.90 Å². The zero-order valence-electron chi connectivity index (χ0n) is 10.8. The summed E-state index contributed by atoms with van der Waals surface area (Å²) in [5, 5.41) is 9.36. The van der Waals surface area contributed by atoms with Crippen LogP contribution < -0.4 is 0 Å². The van der Waals surface area contributed by atoms with E-state index >= 15 is 0 Å². The van der Waals surface area contributed by atoms with Crippen LogP contribution in [-0.2, 0) is 9.53 Å². The van der Waals surface area contributed by atoms with E-state index in [0.717, 1.165) is 4.90 Å². The Morgan fingerprint density at radius 1 is 1.30 bits per heavy atom. The molecule has 1 N–H and O–H groups in total. The van der Waals surface area contributed by atoms with Crippen molar-refractivity contribution >= 4 is 17.8 Å². The smallest absolute Gasteiger partial charge is 0.313 e. The molecule has 1 aromatic carbocycles. The van der Waals surface area contributed by atoms with Crippen molar-refractivity contribution in [3.63, 3.8) is 0 Å².